The minimum absolute atomic E-state index is 0.0556. The van der Waals surface area contributed by atoms with Gasteiger partial charge in [-0.25, -0.2) is 4.98 Å². The van der Waals surface area contributed by atoms with Gasteiger partial charge in [0.25, 0.3) is 5.56 Å². The third-order valence-electron chi connectivity index (χ3n) is 2.07. The smallest absolute Gasteiger partial charge is 0.271 e. The maximum absolute atomic E-state index is 11.9. The predicted octanol–water partition coefficient (Wildman–Crippen LogP) is 2.52. The molecule has 0 atom stereocenters. The molecule has 15 heavy (non-hydrogen) atoms. The molecule has 2 aromatic heterocycles. The summed E-state index contributed by atoms with van der Waals surface area (Å²) in [5.74, 6) is 0. The molecule has 0 N–H and O–H groups in total. The van der Waals surface area contributed by atoms with Crippen molar-refractivity contribution in [2.24, 2.45) is 0 Å². The van der Waals surface area contributed by atoms with Crippen molar-refractivity contribution >= 4 is 33.2 Å². The molecular formula is C10H9ClN2OS. The van der Waals surface area contributed by atoms with Crippen LogP contribution in [0.1, 0.15) is 5.56 Å². The SMILES string of the molecule is C=C(Cl)Cn1cnc2c(C)csc2c1=O. The lowest BCUT2D eigenvalue weighted by atomic mass is 10.3. The van der Waals surface area contributed by atoms with E-state index in [0.717, 1.165) is 11.1 Å². The van der Waals surface area contributed by atoms with Crippen LogP contribution in [0.3, 0.4) is 0 Å². The first-order chi connectivity index (χ1) is 7.09. The zero-order valence-corrected chi connectivity index (χ0v) is 9.73. The summed E-state index contributed by atoms with van der Waals surface area (Å²) in [6.07, 6.45) is 1.51. The zero-order valence-electron chi connectivity index (χ0n) is 8.16. The molecule has 0 amide bonds. The van der Waals surface area contributed by atoms with Crippen LogP contribution in [0, 0.1) is 6.92 Å². The summed E-state index contributed by atoms with van der Waals surface area (Å²) in [5, 5.41) is 2.35. The fraction of sp³-hybridized carbons (Fsp3) is 0.200. The normalized spacial score (nSPS) is 10.8. The molecule has 0 saturated heterocycles. The molecule has 0 aromatic carbocycles. The Balaban J connectivity index is 2.66. The van der Waals surface area contributed by atoms with E-state index in [1.165, 1.54) is 22.2 Å². The minimum Gasteiger partial charge on any atom is -0.293 e. The number of halogens is 1. The average molecular weight is 241 g/mol. The Bertz CT molecular complexity index is 585. The maximum Gasteiger partial charge on any atom is 0.271 e. The predicted molar refractivity (Wildman–Crippen MR) is 63.6 cm³/mol. The first-order valence-corrected chi connectivity index (χ1v) is 5.62. The topological polar surface area (TPSA) is 34.9 Å². The van der Waals surface area contributed by atoms with Gasteiger partial charge in [0, 0.05) is 5.03 Å². The summed E-state index contributed by atoms with van der Waals surface area (Å²) < 4.78 is 2.14. The molecule has 0 aliphatic rings. The van der Waals surface area contributed by atoms with E-state index in [-0.39, 0.29) is 5.56 Å². The van der Waals surface area contributed by atoms with Gasteiger partial charge in [-0.2, -0.15) is 0 Å². The van der Waals surface area contributed by atoms with Crippen LogP contribution >= 0.6 is 22.9 Å². The fourth-order valence-corrected chi connectivity index (χ4v) is 2.44. The van der Waals surface area contributed by atoms with Crippen LogP contribution in [-0.2, 0) is 6.54 Å². The molecule has 0 radical (unpaired) electrons. The van der Waals surface area contributed by atoms with Crippen LogP contribution in [0.4, 0.5) is 0 Å². The van der Waals surface area contributed by atoms with Gasteiger partial charge in [-0.05, 0) is 17.9 Å². The van der Waals surface area contributed by atoms with Crippen LogP contribution in [-0.4, -0.2) is 9.55 Å². The highest BCUT2D eigenvalue weighted by Crippen LogP contribution is 2.19. The molecule has 0 aliphatic heterocycles. The molecule has 3 nitrogen and oxygen atoms in total. The monoisotopic (exact) mass is 240 g/mol. The average Bonchev–Trinajstić information content (AvgIpc) is 2.53. The minimum atomic E-state index is -0.0556. The fourth-order valence-electron chi connectivity index (χ4n) is 1.36. The molecule has 0 aliphatic carbocycles. The number of aromatic nitrogens is 2. The first kappa shape index (κ1) is 10.4. The molecule has 0 unspecified atom stereocenters. The van der Waals surface area contributed by atoms with E-state index >= 15 is 0 Å². The van der Waals surface area contributed by atoms with Crippen molar-refractivity contribution < 1.29 is 0 Å². The Morgan fingerprint density at radius 1 is 1.73 bits per heavy atom. The molecule has 0 fully saturated rings. The quantitative estimate of drug-likeness (QED) is 0.809. The van der Waals surface area contributed by atoms with E-state index in [1.807, 2.05) is 12.3 Å². The number of allylic oxidation sites excluding steroid dienone is 1. The van der Waals surface area contributed by atoms with Crippen molar-refractivity contribution in [1.82, 2.24) is 9.55 Å². The summed E-state index contributed by atoms with van der Waals surface area (Å²) in [6, 6.07) is 0. The largest absolute Gasteiger partial charge is 0.293 e. The molecule has 2 heterocycles. The standard InChI is InChI=1S/C10H9ClN2OS/c1-6-4-15-9-8(6)12-5-13(10(9)14)3-7(2)11/h4-5H,2-3H2,1H3. The van der Waals surface area contributed by atoms with Gasteiger partial charge in [0.2, 0.25) is 0 Å². The van der Waals surface area contributed by atoms with Crippen molar-refractivity contribution in [3.63, 3.8) is 0 Å². The summed E-state index contributed by atoms with van der Waals surface area (Å²) in [6.45, 7) is 5.80. The molecule has 0 bridgehead atoms. The lowest BCUT2D eigenvalue weighted by molar-refractivity contribution is 0.761. The van der Waals surface area contributed by atoms with Crippen LogP contribution in [0.25, 0.3) is 10.2 Å². The second-order valence-electron chi connectivity index (χ2n) is 3.29. The second kappa shape index (κ2) is 3.79. The number of aryl methyl sites for hydroxylation is 1. The molecule has 5 heteroatoms. The van der Waals surface area contributed by atoms with Gasteiger partial charge >= 0.3 is 0 Å². The molecular weight excluding hydrogens is 232 g/mol. The highest BCUT2D eigenvalue weighted by Gasteiger charge is 2.08. The first-order valence-electron chi connectivity index (χ1n) is 4.36. The summed E-state index contributed by atoms with van der Waals surface area (Å²) in [7, 11) is 0. The lowest BCUT2D eigenvalue weighted by Crippen LogP contribution is -2.19. The molecule has 0 spiro atoms. The summed E-state index contributed by atoms with van der Waals surface area (Å²) in [4.78, 5) is 16.1. The molecule has 2 aromatic rings. The Morgan fingerprint density at radius 3 is 3.13 bits per heavy atom. The van der Waals surface area contributed by atoms with Gasteiger partial charge in [0.1, 0.15) is 4.70 Å². The number of nitrogens with zero attached hydrogens (tertiary/aromatic N) is 2. The lowest BCUT2D eigenvalue weighted by Gasteiger charge is -2.02. The van der Waals surface area contributed by atoms with Crippen LogP contribution in [0.2, 0.25) is 0 Å². The number of hydrogen-bond donors (Lipinski definition) is 0. The number of rotatable bonds is 2. The Kier molecular flexibility index (Phi) is 2.63. The van der Waals surface area contributed by atoms with Gasteiger partial charge in [-0.1, -0.05) is 18.2 Å². The Hall–Kier alpha value is -1.13. The molecule has 2 rings (SSSR count). The van der Waals surface area contributed by atoms with Crippen molar-refractivity contribution in [2.75, 3.05) is 0 Å². The number of hydrogen-bond acceptors (Lipinski definition) is 3. The van der Waals surface area contributed by atoms with Gasteiger partial charge in [-0.15, -0.1) is 11.3 Å². The van der Waals surface area contributed by atoms with Crippen LogP contribution < -0.4 is 5.56 Å². The van der Waals surface area contributed by atoms with Crippen LogP contribution in [0.15, 0.2) is 28.1 Å². The Labute approximate surface area is 95.6 Å². The van der Waals surface area contributed by atoms with Gasteiger partial charge in [0.05, 0.1) is 18.4 Å². The van der Waals surface area contributed by atoms with Gasteiger partial charge in [0.15, 0.2) is 0 Å². The van der Waals surface area contributed by atoms with Gasteiger partial charge in [-0.3, -0.25) is 9.36 Å². The van der Waals surface area contributed by atoms with E-state index < -0.39 is 0 Å². The summed E-state index contributed by atoms with van der Waals surface area (Å²) in [5.41, 5.74) is 1.75. The summed E-state index contributed by atoms with van der Waals surface area (Å²) >= 11 is 7.08. The van der Waals surface area contributed by atoms with Crippen molar-refractivity contribution in [1.29, 1.82) is 0 Å². The Morgan fingerprint density at radius 2 is 2.47 bits per heavy atom. The van der Waals surface area contributed by atoms with Crippen molar-refractivity contribution in [2.45, 2.75) is 13.5 Å². The van der Waals surface area contributed by atoms with E-state index in [2.05, 4.69) is 11.6 Å². The van der Waals surface area contributed by atoms with E-state index in [1.54, 1.807) is 0 Å². The second-order valence-corrected chi connectivity index (χ2v) is 4.71. The number of thiophene rings is 1. The van der Waals surface area contributed by atoms with E-state index in [0.29, 0.717) is 16.3 Å². The highest BCUT2D eigenvalue weighted by atomic mass is 35.5. The zero-order chi connectivity index (χ0) is 11.0. The maximum atomic E-state index is 11.9. The van der Waals surface area contributed by atoms with E-state index in [4.69, 9.17) is 11.6 Å². The van der Waals surface area contributed by atoms with Gasteiger partial charge < -0.3 is 0 Å². The third-order valence-corrected chi connectivity index (χ3v) is 3.26. The number of fused-ring (bicyclic) bond motifs is 1. The third kappa shape index (κ3) is 1.82. The van der Waals surface area contributed by atoms with E-state index in [9.17, 15) is 4.79 Å². The molecule has 78 valence electrons. The van der Waals surface area contributed by atoms with Crippen LogP contribution in [0.5, 0.6) is 0 Å². The molecule has 0 saturated carbocycles. The van der Waals surface area contributed by atoms with Crippen molar-refractivity contribution in [3.05, 3.63) is 39.2 Å². The highest BCUT2D eigenvalue weighted by molar-refractivity contribution is 7.17. The van der Waals surface area contributed by atoms with Crippen molar-refractivity contribution in [3.8, 4) is 0 Å².